The molecule has 2 heterocycles. The molecule has 0 saturated carbocycles. The fourth-order valence-electron chi connectivity index (χ4n) is 3.17. The van der Waals surface area contributed by atoms with Crippen LogP contribution in [0.1, 0.15) is 25.3 Å². The molecule has 132 valence electrons. The van der Waals surface area contributed by atoms with E-state index in [0.717, 1.165) is 39.1 Å². The highest BCUT2D eigenvalue weighted by Gasteiger charge is 2.33. The van der Waals surface area contributed by atoms with E-state index in [1.807, 2.05) is 52.9 Å². The Bertz CT molecular complexity index is 1080. The van der Waals surface area contributed by atoms with Gasteiger partial charge in [-0.25, -0.2) is 0 Å². The number of rotatable bonds is 4. The maximum absolute atomic E-state index is 12.9. The number of para-hydroxylation sites is 2. The predicted octanol–water partition coefficient (Wildman–Crippen LogP) is 3.69. The number of nitrogens with zero attached hydrogens (tertiary/aromatic N) is 4. The van der Waals surface area contributed by atoms with E-state index in [2.05, 4.69) is 29.3 Å². The summed E-state index contributed by atoms with van der Waals surface area (Å²) >= 11 is 1.57. The molecule has 0 bridgehead atoms. The number of thiazole rings is 1. The minimum absolute atomic E-state index is 0.0628. The third kappa shape index (κ3) is 2.76. The molecular formula is C20H20N4OS. The van der Waals surface area contributed by atoms with Crippen LogP contribution in [0.5, 0.6) is 0 Å². The highest BCUT2D eigenvalue weighted by molar-refractivity contribution is 7.16. The Morgan fingerprint density at radius 3 is 2.62 bits per heavy atom. The summed E-state index contributed by atoms with van der Waals surface area (Å²) in [5, 5.41) is 8.78. The molecular weight excluding hydrogens is 344 g/mol. The molecule has 1 amide bonds. The molecule has 6 heteroatoms. The Morgan fingerprint density at radius 1 is 1.04 bits per heavy atom. The molecule has 0 spiro atoms. The van der Waals surface area contributed by atoms with Crippen molar-refractivity contribution in [3.8, 4) is 0 Å². The van der Waals surface area contributed by atoms with Crippen LogP contribution in [0, 0.1) is 0 Å². The van der Waals surface area contributed by atoms with Crippen LogP contribution >= 0.6 is 11.3 Å². The molecule has 0 saturated heterocycles. The van der Waals surface area contributed by atoms with Gasteiger partial charge in [0.15, 0.2) is 5.71 Å². The van der Waals surface area contributed by atoms with Crippen LogP contribution in [0.2, 0.25) is 0 Å². The molecule has 4 rings (SSSR count). The quantitative estimate of drug-likeness (QED) is 0.651. The second kappa shape index (κ2) is 6.88. The standard InChI is InChI=1S/C20H20N4OS/c1-3-4-13-24-15-10-6-5-9-14(15)18(19(24)25)21-22-20-23(2)16-11-7-8-12-17(16)26-20/h5-12H,3-4,13H2,1-2H3. The van der Waals surface area contributed by atoms with Crippen molar-refractivity contribution in [3.05, 3.63) is 58.9 Å². The van der Waals surface area contributed by atoms with E-state index in [-0.39, 0.29) is 5.91 Å². The van der Waals surface area contributed by atoms with Crippen LogP contribution in [0.15, 0.2) is 58.7 Å². The molecule has 0 radical (unpaired) electrons. The number of aromatic nitrogens is 1. The molecule has 0 aliphatic carbocycles. The van der Waals surface area contributed by atoms with Crippen LogP contribution in [0.25, 0.3) is 10.2 Å². The number of hydrogen-bond acceptors (Lipinski definition) is 4. The maximum atomic E-state index is 12.9. The van der Waals surface area contributed by atoms with Gasteiger partial charge in [0.25, 0.3) is 5.91 Å². The lowest BCUT2D eigenvalue weighted by atomic mass is 10.1. The predicted molar refractivity (Wildman–Crippen MR) is 107 cm³/mol. The van der Waals surface area contributed by atoms with Crippen LogP contribution in [-0.2, 0) is 11.8 Å². The van der Waals surface area contributed by atoms with Gasteiger partial charge in [-0.2, -0.15) is 0 Å². The van der Waals surface area contributed by atoms with Gasteiger partial charge in [0.2, 0.25) is 4.80 Å². The molecule has 26 heavy (non-hydrogen) atoms. The van der Waals surface area contributed by atoms with Crippen molar-refractivity contribution in [1.82, 2.24) is 4.57 Å². The van der Waals surface area contributed by atoms with Gasteiger partial charge in [-0.3, -0.25) is 4.79 Å². The summed E-state index contributed by atoms with van der Waals surface area (Å²) < 4.78 is 3.15. The van der Waals surface area contributed by atoms with Crippen LogP contribution in [-0.4, -0.2) is 22.7 Å². The van der Waals surface area contributed by atoms with Gasteiger partial charge in [0.05, 0.1) is 15.9 Å². The van der Waals surface area contributed by atoms with E-state index in [9.17, 15) is 4.79 Å². The number of aryl methyl sites for hydroxylation is 1. The van der Waals surface area contributed by atoms with Gasteiger partial charge in [-0.15, -0.1) is 10.2 Å². The van der Waals surface area contributed by atoms with Crippen molar-refractivity contribution in [3.63, 3.8) is 0 Å². The number of unbranched alkanes of at least 4 members (excludes halogenated alkanes) is 1. The summed E-state index contributed by atoms with van der Waals surface area (Å²) in [5.41, 5.74) is 3.33. The number of hydrogen-bond donors (Lipinski definition) is 0. The fourth-order valence-corrected chi connectivity index (χ4v) is 4.14. The van der Waals surface area contributed by atoms with Crippen molar-refractivity contribution >= 4 is 38.9 Å². The number of benzene rings is 2. The summed E-state index contributed by atoms with van der Waals surface area (Å²) in [7, 11) is 1.97. The largest absolute Gasteiger partial charge is 0.318 e. The van der Waals surface area contributed by atoms with Crippen LogP contribution in [0.4, 0.5) is 5.69 Å². The first-order valence-electron chi connectivity index (χ1n) is 8.78. The number of carbonyl (C=O) groups excluding carboxylic acids is 1. The Kier molecular flexibility index (Phi) is 4.42. The summed E-state index contributed by atoms with van der Waals surface area (Å²) in [5.74, 6) is -0.0628. The Labute approximate surface area is 155 Å². The first-order chi connectivity index (χ1) is 12.7. The van der Waals surface area contributed by atoms with E-state index in [1.54, 1.807) is 11.3 Å². The molecule has 1 aromatic heterocycles. The molecule has 0 unspecified atom stereocenters. The normalized spacial score (nSPS) is 16.1. The van der Waals surface area contributed by atoms with E-state index in [4.69, 9.17) is 0 Å². The highest BCUT2D eigenvalue weighted by Crippen LogP contribution is 2.29. The monoisotopic (exact) mass is 364 g/mol. The molecule has 5 nitrogen and oxygen atoms in total. The maximum Gasteiger partial charge on any atom is 0.279 e. The number of fused-ring (bicyclic) bond motifs is 2. The molecule has 3 aromatic rings. The number of carbonyl (C=O) groups is 1. The van der Waals surface area contributed by atoms with Crippen molar-refractivity contribution in [2.75, 3.05) is 11.4 Å². The molecule has 0 N–H and O–H groups in total. The van der Waals surface area contributed by atoms with Crippen molar-refractivity contribution in [1.29, 1.82) is 0 Å². The number of anilines is 1. The zero-order chi connectivity index (χ0) is 18.1. The van der Waals surface area contributed by atoms with E-state index in [1.165, 1.54) is 0 Å². The topological polar surface area (TPSA) is 50.0 Å². The van der Waals surface area contributed by atoms with Crippen molar-refractivity contribution in [2.45, 2.75) is 19.8 Å². The smallest absolute Gasteiger partial charge is 0.279 e. The summed E-state index contributed by atoms with van der Waals surface area (Å²) in [6.07, 6.45) is 2.01. The van der Waals surface area contributed by atoms with Gasteiger partial charge in [0.1, 0.15) is 0 Å². The third-order valence-corrected chi connectivity index (χ3v) is 5.69. The molecule has 1 aliphatic heterocycles. The first-order valence-corrected chi connectivity index (χ1v) is 9.60. The summed E-state index contributed by atoms with van der Waals surface area (Å²) in [6.45, 7) is 2.83. The van der Waals surface area contributed by atoms with Gasteiger partial charge >= 0.3 is 0 Å². The minimum Gasteiger partial charge on any atom is -0.318 e. The van der Waals surface area contributed by atoms with E-state index >= 15 is 0 Å². The van der Waals surface area contributed by atoms with E-state index < -0.39 is 0 Å². The van der Waals surface area contributed by atoms with Crippen molar-refractivity contribution in [2.24, 2.45) is 17.3 Å². The lowest BCUT2D eigenvalue weighted by Crippen LogP contribution is -2.31. The second-order valence-electron chi connectivity index (χ2n) is 6.29. The zero-order valence-corrected chi connectivity index (χ0v) is 15.7. The van der Waals surface area contributed by atoms with E-state index in [0.29, 0.717) is 12.3 Å². The Balaban J connectivity index is 1.79. The average molecular weight is 364 g/mol. The summed E-state index contributed by atoms with van der Waals surface area (Å²) in [4.78, 5) is 15.5. The Morgan fingerprint density at radius 2 is 1.81 bits per heavy atom. The molecule has 1 aliphatic rings. The fraction of sp³-hybridized carbons (Fsp3) is 0.250. The second-order valence-corrected chi connectivity index (χ2v) is 7.30. The van der Waals surface area contributed by atoms with Crippen molar-refractivity contribution < 1.29 is 4.79 Å². The van der Waals surface area contributed by atoms with Crippen LogP contribution in [0.3, 0.4) is 0 Å². The molecule has 0 fully saturated rings. The summed E-state index contributed by atoms with van der Waals surface area (Å²) in [6, 6.07) is 15.9. The molecule has 0 atom stereocenters. The lowest BCUT2D eigenvalue weighted by molar-refractivity contribution is -0.112. The first kappa shape index (κ1) is 16.7. The van der Waals surface area contributed by atoms with Gasteiger partial charge in [0, 0.05) is 19.2 Å². The van der Waals surface area contributed by atoms with Crippen LogP contribution < -0.4 is 9.70 Å². The van der Waals surface area contributed by atoms with Gasteiger partial charge < -0.3 is 9.47 Å². The average Bonchev–Trinajstić information content (AvgIpc) is 3.13. The third-order valence-electron chi connectivity index (χ3n) is 4.58. The molecule has 2 aromatic carbocycles. The Hall–Kier alpha value is -2.73. The van der Waals surface area contributed by atoms with Gasteiger partial charge in [-0.05, 0) is 24.6 Å². The lowest BCUT2D eigenvalue weighted by Gasteiger charge is -2.15. The minimum atomic E-state index is -0.0628. The number of amides is 1. The van der Waals surface area contributed by atoms with Gasteiger partial charge in [-0.1, -0.05) is 55.0 Å². The SMILES string of the molecule is CCCCN1C(=O)C(=NN=c2sc3ccccc3n2C)c2ccccc21. The highest BCUT2D eigenvalue weighted by atomic mass is 32.1. The zero-order valence-electron chi connectivity index (χ0n) is 14.8.